The zero-order chi connectivity index (χ0) is 15.5. The van der Waals surface area contributed by atoms with Crippen LogP contribution in [0.3, 0.4) is 0 Å². The summed E-state index contributed by atoms with van der Waals surface area (Å²) >= 11 is 0. The Morgan fingerprint density at radius 3 is 2.73 bits per heavy atom. The lowest BCUT2D eigenvalue weighted by Gasteiger charge is -2.02. The molecule has 1 aromatic carbocycles. The minimum atomic E-state index is -0.273. The van der Waals surface area contributed by atoms with Gasteiger partial charge in [0.15, 0.2) is 0 Å². The molecular weight excluding hydrogens is 283 g/mol. The van der Waals surface area contributed by atoms with Crippen LogP contribution >= 0.6 is 0 Å². The van der Waals surface area contributed by atoms with Gasteiger partial charge in [0, 0.05) is 11.8 Å². The Balaban J connectivity index is 1.86. The molecule has 3 aromatic rings. The predicted molar refractivity (Wildman–Crippen MR) is 80.4 cm³/mol. The average molecular weight is 298 g/mol. The van der Waals surface area contributed by atoms with Crippen molar-refractivity contribution < 1.29 is 8.91 Å². The molecule has 0 saturated carbocycles. The standard InChI is InChI=1S/C16H15FN4O/c1-10(18-2)16-20-15(21-22-16)14-7-6-12(9-19-14)11-4-3-5-13(17)8-11/h3-10,18H,1-2H3. The van der Waals surface area contributed by atoms with Crippen molar-refractivity contribution >= 4 is 0 Å². The van der Waals surface area contributed by atoms with Crippen molar-refractivity contribution in [3.8, 4) is 22.6 Å². The largest absolute Gasteiger partial charge is 0.337 e. The highest BCUT2D eigenvalue weighted by atomic mass is 19.1. The van der Waals surface area contributed by atoms with Crippen LogP contribution in [0.15, 0.2) is 47.1 Å². The average Bonchev–Trinajstić information content (AvgIpc) is 3.04. The smallest absolute Gasteiger partial charge is 0.243 e. The maximum absolute atomic E-state index is 13.3. The van der Waals surface area contributed by atoms with Crippen LogP contribution < -0.4 is 5.32 Å². The molecule has 0 aliphatic carbocycles. The van der Waals surface area contributed by atoms with Crippen molar-refractivity contribution in [3.63, 3.8) is 0 Å². The number of hydrogen-bond donors (Lipinski definition) is 1. The third-order valence-electron chi connectivity index (χ3n) is 3.40. The van der Waals surface area contributed by atoms with Gasteiger partial charge in [-0.05, 0) is 37.7 Å². The highest BCUT2D eigenvalue weighted by Gasteiger charge is 2.14. The predicted octanol–water partition coefficient (Wildman–Crippen LogP) is 3.22. The van der Waals surface area contributed by atoms with E-state index in [-0.39, 0.29) is 11.9 Å². The second kappa shape index (κ2) is 6.03. The van der Waals surface area contributed by atoms with E-state index >= 15 is 0 Å². The number of aromatic nitrogens is 3. The monoisotopic (exact) mass is 298 g/mol. The normalized spacial score (nSPS) is 12.3. The molecule has 0 amide bonds. The lowest BCUT2D eigenvalue weighted by atomic mass is 10.1. The molecule has 112 valence electrons. The lowest BCUT2D eigenvalue weighted by Crippen LogP contribution is -2.12. The fourth-order valence-corrected chi connectivity index (χ4v) is 2.00. The van der Waals surface area contributed by atoms with Crippen LogP contribution in [0, 0.1) is 5.82 Å². The lowest BCUT2D eigenvalue weighted by molar-refractivity contribution is 0.347. The highest BCUT2D eigenvalue weighted by molar-refractivity contribution is 5.64. The van der Waals surface area contributed by atoms with Crippen LogP contribution in [-0.4, -0.2) is 22.2 Å². The van der Waals surface area contributed by atoms with E-state index in [2.05, 4.69) is 20.4 Å². The maximum Gasteiger partial charge on any atom is 0.243 e. The number of hydrogen-bond acceptors (Lipinski definition) is 5. The van der Waals surface area contributed by atoms with Crippen molar-refractivity contribution in [2.75, 3.05) is 7.05 Å². The molecule has 6 heteroatoms. The summed E-state index contributed by atoms with van der Waals surface area (Å²) in [4.78, 5) is 8.63. The Labute approximate surface area is 127 Å². The van der Waals surface area contributed by atoms with E-state index in [4.69, 9.17) is 4.52 Å². The molecular formula is C16H15FN4O. The molecule has 0 radical (unpaired) electrons. The third-order valence-corrected chi connectivity index (χ3v) is 3.40. The Bertz CT molecular complexity index is 770. The molecule has 0 spiro atoms. The molecule has 0 saturated heterocycles. The summed E-state index contributed by atoms with van der Waals surface area (Å²) in [6.07, 6.45) is 1.67. The zero-order valence-corrected chi connectivity index (χ0v) is 12.2. The molecule has 1 atom stereocenters. The summed E-state index contributed by atoms with van der Waals surface area (Å²) in [5.41, 5.74) is 2.21. The fraction of sp³-hybridized carbons (Fsp3) is 0.188. The number of nitrogens with one attached hydrogen (secondary N) is 1. The van der Waals surface area contributed by atoms with Crippen molar-refractivity contribution in [1.29, 1.82) is 0 Å². The van der Waals surface area contributed by atoms with Gasteiger partial charge in [-0.2, -0.15) is 4.98 Å². The second-order valence-electron chi connectivity index (χ2n) is 4.91. The van der Waals surface area contributed by atoms with Gasteiger partial charge in [-0.1, -0.05) is 23.4 Å². The first-order chi connectivity index (χ1) is 10.7. The summed E-state index contributed by atoms with van der Waals surface area (Å²) in [7, 11) is 1.82. The number of pyridine rings is 1. The van der Waals surface area contributed by atoms with Crippen LogP contribution in [0.1, 0.15) is 18.9 Å². The first-order valence-corrected chi connectivity index (χ1v) is 6.90. The van der Waals surface area contributed by atoms with Crippen LogP contribution in [0.2, 0.25) is 0 Å². The van der Waals surface area contributed by atoms with Gasteiger partial charge in [0.05, 0.1) is 6.04 Å². The SMILES string of the molecule is CNC(C)c1nc(-c2ccc(-c3cccc(F)c3)cn2)no1. The molecule has 0 fully saturated rings. The summed E-state index contributed by atoms with van der Waals surface area (Å²) in [5.74, 6) is 0.668. The highest BCUT2D eigenvalue weighted by Crippen LogP contribution is 2.22. The summed E-state index contributed by atoms with van der Waals surface area (Å²) in [6, 6.07) is 10.0. The van der Waals surface area contributed by atoms with Gasteiger partial charge in [0.1, 0.15) is 11.5 Å². The van der Waals surface area contributed by atoms with E-state index in [1.807, 2.05) is 26.1 Å². The molecule has 2 heterocycles. The molecule has 0 aliphatic rings. The first-order valence-electron chi connectivity index (χ1n) is 6.90. The van der Waals surface area contributed by atoms with Crippen molar-refractivity contribution in [2.45, 2.75) is 13.0 Å². The van der Waals surface area contributed by atoms with Gasteiger partial charge in [-0.25, -0.2) is 4.39 Å². The van der Waals surface area contributed by atoms with E-state index in [0.717, 1.165) is 11.1 Å². The molecule has 2 aromatic heterocycles. The number of benzene rings is 1. The molecule has 1 N–H and O–H groups in total. The van der Waals surface area contributed by atoms with E-state index < -0.39 is 0 Å². The van der Waals surface area contributed by atoms with E-state index in [1.165, 1.54) is 12.1 Å². The van der Waals surface area contributed by atoms with Gasteiger partial charge in [0.25, 0.3) is 0 Å². The van der Waals surface area contributed by atoms with Crippen molar-refractivity contribution in [3.05, 3.63) is 54.3 Å². The summed E-state index contributed by atoms with van der Waals surface area (Å²) < 4.78 is 18.4. The zero-order valence-electron chi connectivity index (χ0n) is 12.2. The Morgan fingerprint density at radius 2 is 2.05 bits per heavy atom. The van der Waals surface area contributed by atoms with Crippen molar-refractivity contribution in [1.82, 2.24) is 20.4 Å². The summed E-state index contributed by atoms with van der Waals surface area (Å²) in [6.45, 7) is 1.93. The van der Waals surface area contributed by atoms with Gasteiger partial charge < -0.3 is 9.84 Å². The first kappa shape index (κ1) is 14.3. The van der Waals surface area contributed by atoms with Crippen molar-refractivity contribution in [2.24, 2.45) is 0 Å². The van der Waals surface area contributed by atoms with Gasteiger partial charge in [0.2, 0.25) is 11.7 Å². The minimum Gasteiger partial charge on any atom is -0.337 e. The summed E-state index contributed by atoms with van der Waals surface area (Å²) in [5, 5.41) is 6.95. The molecule has 0 aliphatic heterocycles. The van der Waals surface area contributed by atoms with Crippen LogP contribution in [0.25, 0.3) is 22.6 Å². The fourth-order valence-electron chi connectivity index (χ4n) is 2.00. The van der Waals surface area contributed by atoms with Gasteiger partial charge in [-0.3, -0.25) is 4.98 Å². The topological polar surface area (TPSA) is 63.8 Å². The van der Waals surface area contributed by atoms with E-state index in [9.17, 15) is 4.39 Å². The Hall–Kier alpha value is -2.60. The minimum absolute atomic E-state index is 0.0205. The number of nitrogens with zero attached hydrogens (tertiary/aromatic N) is 3. The Kier molecular flexibility index (Phi) is 3.93. The third kappa shape index (κ3) is 2.87. The van der Waals surface area contributed by atoms with Gasteiger partial charge >= 0.3 is 0 Å². The van der Waals surface area contributed by atoms with Crippen LogP contribution in [0.5, 0.6) is 0 Å². The molecule has 0 bridgehead atoms. The van der Waals surface area contributed by atoms with Crippen LogP contribution in [-0.2, 0) is 0 Å². The van der Waals surface area contributed by atoms with Crippen LogP contribution in [0.4, 0.5) is 4.39 Å². The quantitative estimate of drug-likeness (QED) is 0.801. The molecule has 22 heavy (non-hydrogen) atoms. The molecule has 1 unspecified atom stereocenters. The second-order valence-corrected chi connectivity index (χ2v) is 4.91. The number of halogens is 1. The van der Waals surface area contributed by atoms with Gasteiger partial charge in [-0.15, -0.1) is 0 Å². The maximum atomic E-state index is 13.3. The molecule has 5 nitrogen and oxygen atoms in total. The van der Waals surface area contributed by atoms with E-state index in [1.54, 1.807) is 18.3 Å². The molecule has 3 rings (SSSR count). The number of rotatable bonds is 4. The Morgan fingerprint density at radius 1 is 1.18 bits per heavy atom. The van der Waals surface area contributed by atoms with E-state index in [0.29, 0.717) is 17.4 Å².